The van der Waals surface area contributed by atoms with Crippen molar-refractivity contribution in [3.63, 3.8) is 0 Å². The molecule has 0 bridgehead atoms. The van der Waals surface area contributed by atoms with E-state index in [1.54, 1.807) is 39.5 Å². The first-order chi connectivity index (χ1) is 11.6. The molecule has 0 saturated carbocycles. The minimum Gasteiger partial charge on any atom is -0.495 e. The molecule has 1 amide bonds. The molecule has 0 heterocycles. The van der Waals surface area contributed by atoms with Gasteiger partial charge in [0.15, 0.2) is 11.5 Å². The van der Waals surface area contributed by atoms with Crippen LogP contribution in [0.4, 0.5) is 5.69 Å². The Bertz CT molecular complexity index is 753. The van der Waals surface area contributed by atoms with Crippen molar-refractivity contribution >= 4 is 17.7 Å². The third kappa shape index (κ3) is 4.29. The monoisotopic (exact) mass is 327 g/mol. The van der Waals surface area contributed by atoms with Crippen LogP contribution in [-0.2, 0) is 4.79 Å². The van der Waals surface area contributed by atoms with Gasteiger partial charge in [0.25, 0.3) is 0 Å². The summed E-state index contributed by atoms with van der Waals surface area (Å²) in [5.41, 5.74) is 2.51. The quantitative estimate of drug-likeness (QED) is 0.823. The van der Waals surface area contributed by atoms with Gasteiger partial charge in [-0.3, -0.25) is 4.79 Å². The zero-order valence-electron chi connectivity index (χ0n) is 14.3. The molecule has 0 saturated heterocycles. The topological polar surface area (TPSA) is 56.8 Å². The second kappa shape index (κ2) is 8.06. The number of rotatable bonds is 6. The number of nitrogens with one attached hydrogen (secondary N) is 1. The Balaban J connectivity index is 2.12. The highest BCUT2D eigenvalue weighted by Gasteiger charge is 2.06. The number of anilines is 1. The van der Waals surface area contributed by atoms with Gasteiger partial charge in [-0.25, -0.2) is 0 Å². The van der Waals surface area contributed by atoms with E-state index in [2.05, 4.69) is 5.32 Å². The molecule has 2 rings (SSSR count). The van der Waals surface area contributed by atoms with Gasteiger partial charge in [0, 0.05) is 6.08 Å². The molecule has 0 atom stereocenters. The highest BCUT2D eigenvalue weighted by molar-refractivity contribution is 6.02. The molecule has 0 fully saturated rings. The van der Waals surface area contributed by atoms with Crippen LogP contribution in [0.2, 0.25) is 0 Å². The molecular formula is C19H21NO4. The van der Waals surface area contributed by atoms with Crippen LogP contribution in [-0.4, -0.2) is 27.2 Å². The Morgan fingerprint density at radius 3 is 2.25 bits per heavy atom. The smallest absolute Gasteiger partial charge is 0.248 e. The molecule has 0 aliphatic heterocycles. The standard InChI is InChI=1S/C19H21NO4/c1-13-5-8-16(22-2)15(11-13)20-19(21)10-7-14-6-9-17(23-3)18(12-14)24-4/h5-12H,1-4H3,(H,20,21). The van der Waals surface area contributed by atoms with Crippen LogP contribution in [0, 0.1) is 6.92 Å². The Kier molecular flexibility index (Phi) is 5.84. The maximum atomic E-state index is 12.1. The lowest BCUT2D eigenvalue weighted by atomic mass is 10.2. The summed E-state index contributed by atoms with van der Waals surface area (Å²) >= 11 is 0. The van der Waals surface area contributed by atoms with Crippen molar-refractivity contribution in [2.24, 2.45) is 0 Å². The van der Waals surface area contributed by atoms with Gasteiger partial charge in [-0.2, -0.15) is 0 Å². The van der Waals surface area contributed by atoms with E-state index >= 15 is 0 Å². The zero-order chi connectivity index (χ0) is 17.5. The Hall–Kier alpha value is -2.95. The van der Waals surface area contributed by atoms with Gasteiger partial charge in [0.05, 0.1) is 27.0 Å². The van der Waals surface area contributed by atoms with E-state index in [1.807, 2.05) is 31.2 Å². The molecule has 0 spiro atoms. The normalized spacial score (nSPS) is 10.5. The summed E-state index contributed by atoms with van der Waals surface area (Å²) in [7, 11) is 4.72. The third-order valence-corrected chi connectivity index (χ3v) is 3.45. The van der Waals surface area contributed by atoms with E-state index in [-0.39, 0.29) is 5.91 Å². The summed E-state index contributed by atoms with van der Waals surface area (Å²) in [6.07, 6.45) is 3.17. The van der Waals surface area contributed by atoms with E-state index in [1.165, 1.54) is 6.08 Å². The van der Waals surface area contributed by atoms with Crippen molar-refractivity contribution in [2.75, 3.05) is 26.6 Å². The first-order valence-electron chi connectivity index (χ1n) is 7.43. The van der Waals surface area contributed by atoms with Gasteiger partial charge in [-0.1, -0.05) is 12.1 Å². The van der Waals surface area contributed by atoms with Crippen molar-refractivity contribution in [1.82, 2.24) is 0 Å². The number of carbonyl (C=O) groups is 1. The maximum absolute atomic E-state index is 12.1. The number of aryl methyl sites for hydroxylation is 1. The first-order valence-corrected chi connectivity index (χ1v) is 7.43. The summed E-state index contributed by atoms with van der Waals surface area (Å²) in [5.74, 6) is 1.63. The number of hydrogen-bond donors (Lipinski definition) is 1. The molecule has 5 heteroatoms. The Morgan fingerprint density at radius 2 is 1.58 bits per heavy atom. The highest BCUT2D eigenvalue weighted by Crippen LogP contribution is 2.28. The van der Waals surface area contributed by atoms with Crippen molar-refractivity contribution in [1.29, 1.82) is 0 Å². The van der Waals surface area contributed by atoms with E-state index in [4.69, 9.17) is 14.2 Å². The van der Waals surface area contributed by atoms with Gasteiger partial charge < -0.3 is 19.5 Å². The molecule has 2 aromatic carbocycles. The molecule has 0 aliphatic rings. The van der Waals surface area contributed by atoms with Crippen molar-refractivity contribution in [3.8, 4) is 17.2 Å². The van der Waals surface area contributed by atoms with E-state index in [0.717, 1.165) is 11.1 Å². The van der Waals surface area contributed by atoms with E-state index in [9.17, 15) is 4.79 Å². The van der Waals surface area contributed by atoms with Crippen LogP contribution in [0.1, 0.15) is 11.1 Å². The van der Waals surface area contributed by atoms with Crippen LogP contribution in [0.15, 0.2) is 42.5 Å². The van der Waals surface area contributed by atoms with Gasteiger partial charge in [-0.15, -0.1) is 0 Å². The largest absolute Gasteiger partial charge is 0.495 e. The molecule has 0 radical (unpaired) electrons. The fraction of sp³-hybridized carbons (Fsp3) is 0.211. The summed E-state index contributed by atoms with van der Waals surface area (Å²) in [4.78, 5) is 12.1. The predicted octanol–water partition coefficient (Wildman–Crippen LogP) is 3.67. The summed E-state index contributed by atoms with van der Waals surface area (Å²) in [6, 6.07) is 11.0. The number of carbonyl (C=O) groups excluding carboxylic acids is 1. The second-order valence-electron chi connectivity index (χ2n) is 5.14. The molecule has 2 aromatic rings. The first kappa shape index (κ1) is 17.4. The van der Waals surface area contributed by atoms with Crippen molar-refractivity contribution < 1.29 is 19.0 Å². The summed E-state index contributed by atoms with van der Waals surface area (Å²) in [6.45, 7) is 1.95. The molecule has 24 heavy (non-hydrogen) atoms. The van der Waals surface area contributed by atoms with Gasteiger partial charge in [0.2, 0.25) is 5.91 Å². The number of ether oxygens (including phenoxy) is 3. The van der Waals surface area contributed by atoms with Gasteiger partial charge in [0.1, 0.15) is 5.75 Å². The van der Waals surface area contributed by atoms with Crippen LogP contribution >= 0.6 is 0 Å². The van der Waals surface area contributed by atoms with Crippen LogP contribution in [0.3, 0.4) is 0 Å². The van der Waals surface area contributed by atoms with Crippen LogP contribution < -0.4 is 19.5 Å². The highest BCUT2D eigenvalue weighted by atomic mass is 16.5. The molecule has 0 aromatic heterocycles. The minimum absolute atomic E-state index is 0.242. The number of methoxy groups -OCH3 is 3. The molecule has 126 valence electrons. The zero-order valence-corrected chi connectivity index (χ0v) is 14.3. The summed E-state index contributed by atoms with van der Waals surface area (Å²) in [5, 5.41) is 2.82. The Labute approximate surface area is 141 Å². The molecular weight excluding hydrogens is 306 g/mol. The van der Waals surface area contributed by atoms with Crippen LogP contribution in [0.25, 0.3) is 6.08 Å². The second-order valence-corrected chi connectivity index (χ2v) is 5.14. The fourth-order valence-corrected chi connectivity index (χ4v) is 2.22. The lowest BCUT2D eigenvalue weighted by Gasteiger charge is -2.09. The van der Waals surface area contributed by atoms with E-state index < -0.39 is 0 Å². The van der Waals surface area contributed by atoms with Crippen LogP contribution in [0.5, 0.6) is 17.2 Å². The van der Waals surface area contributed by atoms with E-state index in [0.29, 0.717) is 22.9 Å². The average Bonchev–Trinajstić information content (AvgIpc) is 2.59. The molecule has 0 unspecified atom stereocenters. The van der Waals surface area contributed by atoms with Crippen molar-refractivity contribution in [2.45, 2.75) is 6.92 Å². The Morgan fingerprint density at radius 1 is 0.917 bits per heavy atom. The SMILES string of the molecule is COc1ccc(C)cc1NC(=O)C=Cc1ccc(OC)c(OC)c1. The lowest BCUT2D eigenvalue weighted by molar-refractivity contribution is -0.111. The fourth-order valence-electron chi connectivity index (χ4n) is 2.22. The predicted molar refractivity (Wildman–Crippen MR) is 94.9 cm³/mol. The lowest BCUT2D eigenvalue weighted by Crippen LogP contribution is -2.09. The third-order valence-electron chi connectivity index (χ3n) is 3.45. The van der Waals surface area contributed by atoms with Gasteiger partial charge in [-0.05, 0) is 48.4 Å². The number of amides is 1. The molecule has 0 aliphatic carbocycles. The van der Waals surface area contributed by atoms with Crippen molar-refractivity contribution in [3.05, 3.63) is 53.6 Å². The molecule has 1 N–H and O–H groups in total. The summed E-state index contributed by atoms with van der Waals surface area (Å²) < 4.78 is 15.7. The maximum Gasteiger partial charge on any atom is 0.248 e. The van der Waals surface area contributed by atoms with Gasteiger partial charge >= 0.3 is 0 Å². The minimum atomic E-state index is -0.242. The molecule has 5 nitrogen and oxygen atoms in total. The number of hydrogen-bond acceptors (Lipinski definition) is 4. The number of benzene rings is 2. The average molecular weight is 327 g/mol.